The predicted molar refractivity (Wildman–Crippen MR) is 110 cm³/mol. The minimum atomic E-state index is -4.86. The Morgan fingerprint density at radius 1 is 1.22 bits per heavy atom. The highest BCUT2D eigenvalue weighted by Crippen LogP contribution is 2.39. The number of piperidine rings is 1. The van der Waals surface area contributed by atoms with Crippen LogP contribution < -0.4 is 10.5 Å². The van der Waals surface area contributed by atoms with Gasteiger partial charge in [-0.1, -0.05) is 23.5 Å². The lowest BCUT2D eigenvalue weighted by Crippen LogP contribution is -2.43. The number of halogens is 4. The molecule has 4 rings (SSSR count). The molecule has 0 saturated carbocycles. The Kier molecular flexibility index (Phi) is 5.59. The number of aliphatic hydroxyl groups is 1. The highest BCUT2D eigenvalue weighted by Gasteiger charge is 2.35. The van der Waals surface area contributed by atoms with Gasteiger partial charge in [-0.05, 0) is 30.2 Å². The highest BCUT2D eigenvalue weighted by molar-refractivity contribution is 7.22. The van der Waals surface area contributed by atoms with E-state index in [4.69, 9.17) is 0 Å². The number of nitro benzene ring substituents is 1. The number of nitro groups is 1. The minimum Gasteiger partial charge on any atom is -0.391 e. The number of hydrogen-bond donors (Lipinski definition) is 1. The third-order valence-corrected chi connectivity index (χ3v) is 6.53. The summed E-state index contributed by atoms with van der Waals surface area (Å²) in [6, 6.07) is 6.70. The summed E-state index contributed by atoms with van der Waals surface area (Å²) in [7, 11) is 0. The van der Waals surface area contributed by atoms with Gasteiger partial charge in [0, 0.05) is 25.1 Å². The van der Waals surface area contributed by atoms with Gasteiger partial charge in [-0.15, -0.1) is 0 Å². The second kappa shape index (κ2) is 8.10. The first-order valence-electron chi connectivity index (χ1n) is 9.43. The van der Waals surface area contributed by atoms with Crippen LogP contribution in [-0.4, -0.2) is 34.2 Å². The Balaban J connectivity index is 1.70. The van der Waals surface area contributed by atoms with Gasteiger partial charge >= 0.3 is 6.18 Å². The SMILES string of the molecule is O=c1nc(N2CC[C@@H](c3ccc(F)cc3)[C@H](O)C2)sc2c([N+](=O)[O-])cc(C(F)(F)F)cc12. The van der Waals surface area contributed by atoms with Crippen molar-refractivity contribution in [3.63, 3.8) is 0 Å². The number of non-ortho nitro benzene ring substituents is 1. The van der Waals surface area contributed by atoms with Gasteiger partial charge < -0.3 is 10.0 Å². The first-order chi connectivity index (χ1) is 15.0. The third kappa shape index (κ3) is 4.15. The molecule has 1 fully saturated rings. The van der Waals surface area contributed by atoms with Crippen LogP contribution in [0.15, 0.2) is 41.2 Å². The lowest BCUT2D eigenvalue weighted by molar-refractivity contribution is -0.383. The van der Waals surface area contributed by atoms with E-state index in [1.807, 2.05) is 0 Å². The molecule has 0 amide bonds. The first kappa shape index (κ1) is 22.1. The Morgan fingerprint density at radius 3 is 2.50 bits per heavy atom. The molecule has 0 radical (unpaired) electrons. The molecule has 0 spiro atoms. The number of aromatic nitrogens is 1. The molecule has 2 heterocycles. The maximum absolute atomic E-state index is 13.2. The number of aliphatic hydroxyl groups excluding tert-OH is 1. The molecule has 168 valence electrons. The fourth-order valence-electron chi connectivity index (χ4n) is 3.78. The van der Waals surface area contributed by atoms with E-state index in [9.17, 15) is 37.6 Å². The van der Waals surface area contributed by atoms with Gasteiger partial charge in [0.05, 0.1) is 22.0 Å². The van der Waals surface area contributed by atoms with Gasteiger partial charge in [-0.25, -0.2) is 4.39 Å². The molecule has 1 N–H and O–H groups in total. The van der Waals surface area contributed by atoms with E-state index in [0.29, 0.717) is 25.1 Å². The largest absolute Gasteiger partial charge is 0.416 e. The summed E-state index contributed by atoms with van der Waals surface area (Å²) in [5.74, 6) is -0.686. The van der Waals surface area contributed by atoms with Crippen molar-refractivity contribution in [2.45, 2.75) is 24.6 Å². The smallest absolute Gasteiger partial charge is 0.391 e. The summed E-state index contributed by atoms with van der Waals surface area (Å²) in [6.45, 7) is 0.382. The summed E-state index contributed by atoms with van der Waals surface area (Å²) in [5, 5.41) is 21.6. The monoisotopic (exact) mass is 469 g/mol. The van der Waals surface area contributed by atoms with Crippen LogP contribution in [0.1, 0.15) is 23.5 Å². The van der Waals surface area contributed by atoms with Crippen molar-refractivity contribution in [1.82, 2.24) is 4.98 Å². The van der Waals surface area contributed by atoms with Crippen LogP contribution in [0.2, 0.25) is 0 Å². The summed E-state index contributed by atoms with van der Waals surface area (Å²) in [6.07, 6.45) is -5.32. The second-order valence-corrected chi connectivity index (χ2v) is 8.37. The number of alkyl halides is 3. The molecule has 2 aromatic carbocycles. The number of benzene rings is 2. The topological polar surface area (TPSA) is 96.6 Å². The highest BCUT2D eigenvalue weighted by atomic mass is 32.1. The van der Waals surface area contributed by atoms with E-state index in [1.165, 1.54) is 12.1 Å². The van der Waals surface area contributed by atoms with E-state index in [2.05, 4.69) is 4.98 Å². The van der Waals surface area contributed by atoms with Crippen LogP contribution >= 0.6 is 11.3 Å². The molecule has 0 bridgehead atoms. The quantitative estimate of drug-likeness (QED) is 0.353. The van der Waals surface area contributed by atoms with E-state index in [0.717, 1.165) is 16.9 Å². The Hall–Kier alpha value is -3.12. The van der Waals surface area contributed by atoms with Crippen LogP contribution in [0.4, 0.5) is 28.4 Å². The third-order valence-electron chi connectivity index (χ3n) is 5.36. The molecular formula is C20H15F4N3O4S. The maximum atomic E-state index is 13.2. The Labute approximate surface area is 181 Å². The van der Waals surface area contributed by atoms with Crippen molar-refractivity contribution in [2.24, 2.45) is 0 Å². The molecule has 2 atom stereocenters. The fourth-order valence-corrected chi connectivity index (χ4v) is 4.88. The first-order valence-corrected chi connectivity index (χ1v) is 10.2. The fraction of sp³-hybridized carbons (Fsp3) is 0.300. The molecule has 0 aliphatic carbocycles. The van der Waals surface area contributed by atoms with Gasteiger partial charge in [0.2, 0.25) is 0 Å². The number of β-amino-alcohol motifs (C(OH)–C–C–N with tert-alkyl or cyclic N) is 1. The molecule has 1 aromatic heterocycles. The van der Waals surface area contributed by atoms with Crippen molar-refractivity contribution in [3.8, 4) is 0 Å². The van der Waals surface area contributed by atoms with Crippen LogP contribution in [0.25, 0.3) is 10.1 Å². The lowest BCUT2D eigenvalue weighted by atomic mass is 9.87. The van der Waals surface area contributed by atoms with Gasteiger partial charge in [0.15, 0.2) is 5.13 Å². The van der Waals surface area contributed by atoms with Crippen molar-refractivity contribution in [1.29, 1.82) is 0 Å². The number of hydrogen-bond acceptors (Lipinski definition) is 7. The van der Waals surface area contributed by atoms with Gasteiger partial charge in [-0.3, -0.25) is 14.9 Å². The summed E-state index contributed by atoms with van der Waals surface area (Å²) in [4.78, 5) is 28.3. The van der Waals surface area contributed by atoms with Crippen molar-refractivity contribution < 1.29 is 27.6 Å². The minimum absolute atomic E-state index is 0.0465. The normalized spacial score (nSPS) is 19.3. The standard InChI is InChI=1S/C20H15F4N3O4S/c21-12-3-1-10(2-4-12)13-5-6-26(9-16(13)28)19-25-18(29)14-7-11(20(22,23)24)8-15(27(30)31)17(14)32-19/h1-4,7-8,13,16,28H,5-6,9H2/t13-,16+/m0/s1. The Bertz CT molecular complexity index is 1250. The van der Waals surface area contributed by atoms with E-state index in [-0.39, 0.29) is 22.3 Å². The van der Waals surface area contributed by atoms with Crippen LogP contribution in [0, 0.1) is 15.9 Å². The molecule has 1 aliphatic rings. The predicted octanol–water partition coefficient (Wildman–Crippen LogP) is 4.08. The van der Waals surface area contributed by atoms with Crippen molar-refractivity contribution in [3.05, 3.63) is 73.8 Å². The maximum Gasteiger partial charge on any atom is 0.416 e. The van der Waals surface area contributed by atoms with Crippen LogP contribution in [0.3, 0.4) is 0 Å². The van der Waals surface area contributed by atoms with E-state index in [1.54, 1.807) is 17.0 Å². The van der Waals surface area contributed by atoms with Crippen LogP contribution in [0.5, 0.6) is 0 Å². The van der Waals surface area contributed by atoms with Crippen LogP contribution in [-0.2, 0) is 6.18 Å². The molecule has 1 aliphatic heterocycles. The zero-order chi connectivity index (χ0) is 23.2. The molecule has 1 saturated heterocycles. The number of anilines is 1. The number of fused-ring (bicyclic) bond motifs is 1. The molecular weight excluding hydrogens is 454 g/mol. The van der Waals surface area contributed by atoms with Gasteiger partial charge in [0.1, 0.15) is 10.5 Å². The van der Waals surface area contributed by atoms with Gasteiger partial charge in [0.25, 0.3) is 11.2 Å². The molecule has 3 aromatic rings. The summed E-state index contributed by atoms with van der Waals surface area (Å²) >= 11 is 0.728. The Morgan fingerprint density at radius 2 is 1.91 bits per heavy atom. The zero-order valence-electron chi connectivity index (χ0n) is 16.2. The molecule has 32 heavy (non-hydrogen) atoms. The average Bonchev–Trinajstić information content (AvgIpc) is 2.73. The molecule has 12 heteroatoms. The summed E-state index contributed by atoms with van der Waals surface area (Å²) in [5.41, 5.74) is -2.40. The number of rotatable bonds is 3. The zero-order valence-corrected chi connectivity index (χ0v) is 17.0. The second-order valence-electron chi connectivity index (χ2n) is 7.39. The lowest BCUT2D eigenvalue weighted by Gasteiger charge is -2.36. The molecule has 7 nitrogen and oxygen atoms in total. The van der Waals surface area contributed by atoms with Crippen molar-refractivity contribution in [2.75, 3.05) is 18.0 Å². The van der Waals surface area contributed by atoms with E-state index < -0.39 is 45.2 Å². The van der Waals surface area contributed by atoms with Gasteiger partial charge in [-0.2, -0.15) is 18.2 Å². The summed E-state index contributed by atoms with van der Waals surface area (Å²) < 4.78 is 52.3. The molecule has 0 unspecified atom stereocenters. The number of nitrogens with zero attached hydrogens (tertiary/aromatic N) is 3. The van der Waals surface area contributed by atoms with Crippen molar-refractivity contribution >= 4 is 32.2 Å². The van der Waals surface area contributed by atoms with E-state index >= 15 is 0 Å². The average molecular weight is 469 g/mol.